The predicted octanol–water partition coefficient (Wildman–Crippen LogP) is 4.68. The number of methoxy groups -OCH3 is 2. The van der Waals surface area contributed by atoms with E-state index in [2.05, 4.69) is 15.3 Å². The summed E-state index contributed by atoms with van der Waals surface area (Å²) < 4.78 is 12.6. The highest BCUT2D eigenvalue weighted by Gasteiger charge is 2.15. The number of rotatable bonds is 8. The molecule has 0 spiro atoms. The first-order valence-corrected chi connectivity index (χ1v) is 11.8. The molecule has 1 N–H and O–H groups in total. The Labute approximate surface area is 188 Å². The zero-order valence-electron chi connectivity index (χ0n) is 17.4. The number of benzene rings is 2. The molecule has 9 heteroatoms. The van der Waals surface area contributed by atoms with E-state index in [1.165, 1.54) is 11.3 Å². The fraction of sp³-hybridized carbons (Fsp3) is 0.227. The van der Waals surface area contributed by atoms with E-state index in [9.17, 15) is 4.79 Å². The summed E-state index contributed by atoms with van der Waals surface area (Å²) >= 11 is 3.06. The number of carbonyl (C=O) groups is 1. The summed E-state index contributed by atoms with van der Waals surface area (Å²) in [6, 6.07) is 13.5. The number of ether oxygens (including phenoxy) is 2. The van der Waals surface area contributed by atoms with Crippen LogP contribution in [0.5, 0.6) is 11.5 Å². The van der Waals surface area contributed by atoms with E-state index in [0.29, 0.717) is 16.6 Å². The van der Waals surface area contributed by atoms with Crippen LogP contribution >= 0.6 is 23.1 Å². The minimum atomic E-state index is -0.140. The number of hydrogen-bond donors (Lipinski definition) is 1. The fourth-order valence-electron chi connectivity index (χ4n) is 3.30. The number of nitrogens with zero attached hydrogens (tertiary/aromatic N) is 3. The van der Waals surface area contributed by atoms with Gasteiger partial charge in [-0.2, -0.15) is 11.8 Å². The second-order valence-electron chi connectivity index (χ2n) is 6.69. The van der Waals surface area contributed by atoms with Gasteiger partial charge in [-0.1, -0.05) is 12.1 Å². The fourth-order valence-corrected chi connectivity index (χ4v) is 4.52. The van der Waals surface area contributed by atoms with Gasteiger partial charge in [-0.05, 0) is 36.6 Å². The number of thioether (sulfide) groups is 1. The molecule has 2 aromatic heterocycles. The van der Waals surface area contributed by atoms with E-state index in [4.69, 9.17) is 9.47 Å². The molecular formula is C22H22N4O3S2. The summed E-state index contributed by atoms with van der Waals surface area (Å²) in [5, 5.41) is 5.36. The Kier molecular flexibility index (Phi) is 6.43. The Morgan fingerprint density at radius 2 is 1.94 bits per heavy atom. The van der Waals surface area contributed by atoms with Gasteiger partial charge in [0.2, 0.25) is 5.91 Å². The summed E-state index contributed by atoms with van der Waals surface area (Å²) in [7, 11) is 3.20. The van der Waals surface area contributed by atoms with Gasteiger partial charge in [0.15, 0.2) is 16.6 Å². The van der Waals surface area contributed by atoms with Crippen LogP contribution in [0.2, 0.25) is 0 Å². The molecule has 160 valence electrons. The molecule has 0 unspecified atom stereocenters. The molecular weight excluding hydrogens is 432 g/mol. The van der Waals surface area contributed by atoms with Crippen LogP contribution in [0, 0.1) is 0 Å². The van der Waals surface area contributed by atoms with Crippen molar-refractivity contribution in [2.75, 3.05) is 25.8 Å². The summed E-state index contributed by atoms with van der Waals surface area (Å²) in [4.78, 5) is 22.0. The molecule has 0 radical (unpaired) electrons. The minimum absolute atomic E-state index is 0.140. The first kappa shape index (κ1) is 21.2. The van der Waals surface area contributed by atoms with Crippen molar-refractivity contribution in [2.45, 2.75) is 12.3 Å². The first-order chi connectivity index (χ1) is 15.1. The van der Waals surface area contributed by atoms with Gasteiger partial charge in [0.05, 0.1) is 36.7 Å². The quantitative estimate of drug-likeness (QED) is 0.417. The van der Waals surface area contributed by atoms with E-state index in [1.54, 1.807) is 26.0 Å². The molecule has 7 nitrogen and oxygen atoms in total. The Balaban J connectivity index is 1.51. The van der Waals surface area contributed by atoms with Crippen molar-refractivity contribution in [1.82, 2.24) is 14.5 Å². The lowest BCUT2D eigenvalue weighted by molar-refractivity contribution is -0.116. The summed E-state index contributed by atoms with van der Waals surface area (Å²) in [5.74, 6) is 2.77. The average Bonchev–Trinajstić information content (AvgIpc) is 3.38. The van der Waals surface area contributed by atoms with Gasteiger partial charge in [-0.3, -0.25) is 4.79 Å². The molecule has 4 rings (SSSR count). The van der Waals surface area contributed by atoms with E-state index >= 15 is 0 Å². The molecule has 0 fully saturated rings. The van der Waals surface area contributed by atoms with Crippen molar-refractivity contribution in [3.05, 3.63) is 53.7 Å². The topological polar surface area (TPSA) is 78.3 Å². The van der Waals surface area contributed by atoms with Crippen LogP contribution in [0.3, 0.4) is 0 Å². The summed E-state index contributed by atoms with van der Waals surface area (Å²) in [6.07, 6.45) is 2.02. The molecule has 31 heavy (non-hydrogen) atoms. The smallest absolute Gasteiger partial charge is 0.246 e. The number of thiazole rings is 1. The van der Waals surface area contributed by atoms with Gasteiger partial charge in [-0.15, -0.1) is 11.3 Å². The second kappa shape index (κ2) is 9.40. The van der Waals surface area contributed by atoms with Crippen LogP contribution in [0.25, 0.3) is 22.3 Å². The maximum absolute atomic E-state index is 12.8. The highest BCUT2D eigenvalue weighted by atomic mass is 32.2. The molecule has 0 aliphatic heterocycles. The van der Waals surface area contributed by atoms with E-state index < -0.39 is 0 Å². The monoisotopic (exact) mass is 454 g/mol. The number of para-hydroxylation sites is 2. The number of fused-ring (bicyclic) bond motifs is 1. The van der Waals surface area contributed by atoms with Crippen molar-refractivity contribution in [2.24, 2.45) is 0 Å². The molecule has 0 saturated heterocycles. The highest BCUT2D eigenvalue weighted by molar-refractivity contribution is 7.97. The summed E-state index contributed by atoms with van der Waals surface area (Å²) in [5.41, 5.74) is 3.49. The van der Waals surface area contributed by atoms with Crippen LogP contribution < -0.4 is 14.8 Å². The lowest BCUT2D eigenvalue weighted by Crippen LogP contribution is -2.20. The molecule has 0 aliphatic rings. The standard InChI is InChI=1S/C22H22N4O3S2/c1-28-18-9-8-14(10-19(18)29-2)16-12-31-22(24-16)25-21(27)11-26-17-7-5-4-6-15(17)23-20(26)13-30-3/h4-10,12H,11,13H2,1-3H3,(H,24,25,27). The van der Waals surface area contributed by atoms with Gasteiger partial charge in [0, 0.05) is 10.9 Å². The largest absolute Gasteiger partial charge is 0.493 e. The molecule has 4 aromatic rings. The third kappa shape index (κ3) is 4.52. The van der Waals surface area contributed by atoms with E-state index in [1.807, 2.05) is 58.7 Å². The third-order valence-electron chi connectivity index (χ3n) is 4.74. The number of carbonyl (C=O) groups excluding carboxylic acids is 1. The van der Waals surface area contributed by atoms with Crippen molar-refractivity contribution in [3.63, 3.8) is 0 Å². The van der Waals surface area contributed by atoms with Gasteiger partial charge in [0.1, 0.15) is 12.4 Å². The number of aromatic nitrogens is 3. The van der Waals surface area contributed by atoms with Gasteiger partial charge in [-0.25, -0.2) is 9.97 Å². The number of nitrogens with one attached hydrogen (secondary N) is 1. The maximum atomic E-state index is 12.8. The molecule has 1 amide bonds. The molecule has 0 bridgehead atoms. The van der Waals surface area contributed by atoms with Crippen LogP contribution in [0.15, 0.2) is 47.8 Å². The van der Waals surface area contributed by atoms with Crippen molar-refractivity contribution in [1.29, 1.82) is 0 Å². The lowest BCUT2D eigenvalue weighted by atomic mass is 10.1. The maximum Gasteiger partial charge on any atom is 0.246 e. The van der Waals surface area contributed by atoms with Crippen LogP contribution in [-0.4, -0.2) is 40.9 Å². The zero-order chi connectivity index (χ0) is 21.8. The van der Waals surface area contributed by atoms with Gasteiger partial charge >= 0.3 is 0 Å². The van der Waals surface area contributed by atoms with Crippen molar-refractivity contribution < 1.29 is 14.3 Å². The molecule has 0 saturated carbocycles. The van der Waals surface area contributed by atoms with Crippen LogP contribution in [-0.2, 0) is 17.1 Å². The summed E-state index contributed by atoms with van der Waals surface area (Å²) in [6.45, 7) is 0.182. The second-order valence-corrected chi connectivity index (χ2v) is 8.42. The number of imidazole rings is 1. The Morgan fingerprint density at radius 3 is 2.71 bits per heavy atom. The van der Waals surface area contributed by atoms with E-state index in [-0.39, 0.29) is 12.5 Å². The average molecular weight is 455 g/mol. The minimum Gasteiger partial charge on any atom is -0.493 e. The molecule has 0 aliphatic carbocycles. The normalized spacial score (nSPS) is 10.9. The van der Waals surface area contributed by atoms with Crippen molar-refractivity contribution >= 4 is 45.2 Å². The number of amides is 1. The Bertz CT molecular complexity index is 1220. The zero-order valence-corrected chi connectivity index (χ0v) is 19.0. The Morgan fingerprint density at radius 1 is 1.13 bits per heavy atom. The first-order valence-electron chi connectivity index (χ1n) is 9.53. The third-order valence-corrected chi connectivity index (χ3v) is 6.04. The van der Waals surface area contributed by atoms with Crippen LogP contribution in [0.4, 0.5) is 5.13 Å². The van der Waals surface area contributed by atoms with E-state index in [0.717, 1.165) is 33.9 Å². The van der Waals surface area contributed by atoms with Gasteiger partial charge in [0.25, 0.3) is 0 Å². The van der Waals surface area contributed by atoms with Crippen molar-refractivity contribution in [3.8, 4) is 22.8 Å². The molecule has 2 aromatic carbocycles. The molecule has 0 atom stereocenters. The van der Waals surface area contributed by atoms with Crippen LogP contribution in [0.1, 0.15) is 5.82 Å². The molecule has 2 heterocycles. The highest BCUT2D eigenvalue weighted by Crippen LogP contribution is 2.33. The Hall–Kier alpha value is -3.04. The SMILES string of the molecule is COc1ccc(-c2csc(NC(=O)Cn3c(CSC)nc4ccccc43)n2)cc1OC. The van der Waals surface area contributed by atoms with Gasteiger partial charge < -0.3 is 19.4 Å². The number of anilines is 1. The number of hydrogen-bond acceptors (Lipinski definition) is 7. The lowest BCUT2D eigenvalue weighted by Gasteiger charge is -2.09. The predicted molar refractivity (Wildman–Crippen MR) is 126 cm³/mol.